The lowest BCUT2D eigenvalue weighted by molar-refractivity contribution is 0.481. The van der Waals surface area contributed by atoms with Gasteiger partial charge >= 0.3 is 0 Å². The van der Waals surface area contributed by atoms with E-state index in [1.807, 2.05) is 32.8 Å². The second-order valence-corrected chi connectivity index (χ2v) is 5.91. The molecule has 0 saturated carbocycles. The van der Waals surface area contributed by atoms with Crippen molar-refractivity contribution in [2.75, 3.05) is 19.0 Å². The summed E-state index contributed by atoms with van der Waals surface area (Å²) in [5.74, 6) is 0. The number of benzene rings is 1. The van der Waals surface area contributed by atoms with Crippen molar-refractivity contribution in [3.05, 3.63) is 22.3 Å². The summed E-state index contributed by atoms with van der Waals surface area (Å²) in [7, 11) is -0.334. The largest absolute Gasteiger partial charge is 0.377 e. The van der Waals surface area contributed by atoms with Crippen LogP contribution in [0.25, 0.3) is 0 Å². The minimum Gasteiger partial charge on any atom is -0.377 e. The molecule has 1 N–H and O–H groups in total. The smallest absolute Gasteiger partial charge is 0.295 e. The van der Waals surface area contributed by atoms with Crippen LogP contribution in [0.3, 0.4) is 0 Å². The van der Waals surface area contributed by atoms with E-state index in [9.17, 15) is 13.0 Å². The number of hydrogen-bond donors (Lipinski definition) is 1. The molecule has 5 heteroatoms. The quantitative estimate of drug-likeness (QED) is 0.825. The molecule has 4 nitrogen and oxygen atoms in total. The van der Waals surface area contributed by atoms with E-state index < -0.39 is 10.1 Å². The minimum atomic E-state index is -4.17. The lowest BCUT2D eigenvalue weighted by Crippen LogP contribution is -2.16. The summed E-state index contributed by atoms with van der Waals surface area (Å²) in [6.07, 6.45) is 0. The predicted octanol–water partition coefficient (Wildman–Crippen LogP) is 2.23. The Morgan fingerprint density at radius 1 is 0.882 bits per heavy atom. The summed E-state index contributed by atoms with van der Waals surface area (Å²) in [6.45, 7) is 7.17. The highest BCUT2D eigenvalue weighted by Gasteiger charge is 2.23. The molecule has 0 aliphatic rings. The molecular weight excluding hydrogens is 238 g/mol. The number of nitrogens with zero attached hydrogens (tertiary/aromatic N) is 1. The van der Waals surface area contributed by atoms with Gasteiger partial charge in [0, 0.05) is 19.8 Å². The molecule has 1 aromatic carbocycles. The van der Waals surface area contributed by atoms with Crippen LogP contribution >= 0.6 is 0 Å². The predicted molar refractivity (Wildman–Crippen MR) is 69.5 cm³/mol. The van der Waals surface area contributed by atoms with E-state index in [-0.39, 0.29) is 4.90 Å². The van der Waals surface area contributed by atoms with Crippen LogP contribution in [0.5, 0.6) is 0 Å². The van der Waals surface area contributed by atoms with E-state index in [0.717, 1.165) is 16.8 Å². The minimum absolute atomic E-state index is 0.0399. The molecule has 0 radical (unpaired) electrons. The molecule has 0 unspecified atom stereocenters. The average Bonchev–Trinajstić information content (AvgIpc) is 2.12. The van der Waals surface area contributed by atoms with Crippen molar-refractivity contribution in [3.8, 4) is 0 Å². The molecule has 0 saturated heterocycles. The van der Waals surface area contributed by atoms with Crippen LogP contribution < -0.4 is 4.90 Å². The first-order chi connectivity index (χ1) is 7.59. The van der Waals surface area contributed by atoms with Crippen LogP contribution in [0.15, 0.2) is 4.90 Å². The molecule has 17 heavy (non-hydrogen) atoms. The van der Waals surface area contributed by atoms with Gasteiger partial charge < -0.3 is 4.90 Å². The van der Waals surface area contributed by atoms with E-state index in [2.05, 4.69) is 0 Å². The van der Waals surface area contributed by atoms with E-state index >= 15 is 0 Å². The fraction of sp³-hybridized carbons (Fsp3) is 0.500. The maximum Gasteiger partial charge on any atom is 0.295 e. The highest BCUT2D eigenvalue weighted by molar-refractivity contribution is 7.86. The molecule has 0 aliphatic heterocycles. The van der Waals surface area contributed by atoms with Gasteiger partial charge in [-0.3, -0.25) is 4.55 Å². The molecule has 0 bridgehead atoms. The van der Waals surface area contributed by atoms with Gasteiger partial charge in [0.1, 0.15) is 4.90 Å². The molecule has 0 fully saturated rings. The summed E-state index contributed by atoms with van der Waals surface area (Å²) in [5.41, 5.74) is 3.99. The molecule has 1 aromatic rings. The Balaban J connectivity index is 3.84. The highest BCUT2D eigenvalue weighted by Crippen LogP contribution is 2.34. The van der Waals surface area contributed by atoms with Gasteiger partial charge in [-0.2, -0.15) is 8.42 Å². The molecular formula is C12H19NO3S. The van der Waals surface area contributed by atoms with Gasteiger partial charge in [-0.25, -0.2) is 0 Å². The number of anilines is 1. The van der Waals surface area contributed by atoms with E-state index in [0.29, 0.717) is 11.1 Å². The average molecular weight is 257 g/mol. The third kappa shape index (κ3) is 2.30. The first-order valence-electron chi connectivity index (χ1n) is 5.34. The molecule has 0 aromatic heterocycles. The van der Waals surface area contributed by atoms with Gasteiger partial charge in [-0.15, -0.1) is 0 Å². The summed E-state index contributed by atoms with van der Waals surface area (Å²) in [5, 5.41) is 0. The van der Waals surface area contributed by atoms with Crippen LogP contribution in [0.2, 0.25) is 0 Å². The Bertz CT molecular complexity index is 531. The van der Waals surface area contributed by atoms with E-state index in [1.54, 1.807) is 13.8 Å². The van der Waals surface area contributed by atoms with Gasteiger partial charge in [-0.1, -0.05) is 0 Å². The Labute approximate surface area is 103 Å². The summed E-state index contributed by atoms with van der Waals surface area (Å²) < 4.78 is 32.1. The van der Waals surface area contributed by atoms with Crippen molar-refractivity contribution >= 4 is 15.8 Å². The SMILES string of the molecule is Cc1c(C)c(S(=O)(=O)O)c(C)c(C)c1N(C)C. The topological polar surface area (TPSA) is 57.6 Å². The zero-order chi connectivity index (χ0) is 13.5. The summed E-state index contributed by atoms with van der Waals surface area (Å²) in [4.78, 5) is 2.00. The Morgan fingerprint density at radius 2 is 1.24 bits per heavy atom. The maximum atomic E-state index is 11.4. The lowest BCUT2D eigenvalue weighted by Gasteiger charge is -2.24. The zero-order valence-corrected chi connectivity index (χ0v) is 11.9. The highest BCUT2D eigenvalue weighted by atomic mass is 32.2. The zero-order valence-electron chi connectivity index (χ0n) is 11.1. The van der Waals surface area contributed by atoms with E-state index in [4.69, 9.17) is 0 Å². The van der Waals surface area contributed by atoms with Crippen molar-refractivity contribution in [2.24, 2.45) is 0 Å². The van der Waals surface area contributed by atoms with Gasteiger partial charge in [0.25, 0.3) is 10.1 Å². The van der Waals surface area contributed by atoms with Gasteiger partial charge in [0.05, 0.1) is 0 Å². The molecule has 1 rings (SSSR count). The number of rotatable bonds is 2. The summed E-state index contributed by atoms with van der Waals surface area (Å²) >= 11 is 0. The van der Waals surface area contributed by atoms with Crippen LogP contribution in [0, 0.1) is 27.7 Å². The monoisotopic (exact) mass is 257 g/mol. The molecule has 0 atom stereocenters. The van der Waals surface area contributed by atoms with Crippen LogP contribution in [-0.2, 0) is 10.1 Å². The normalized spacial score (nSPS) is 11.7. The van der Waals surface area contributed by atoms with Crippen molar-refractivity contribution in [1.29, 1.82) is 0 Å². The van der Waals surface area contributed by atoms with Gasteiger partial charge in [0.15, 0.2) is 0 Å². The Hall–Kier alpha value is -1.07. The third-order valence-corrected chi connectivity index (χ3v) is 4.35. The number of hydrogen-bond acceptors (Lipinski definition) is 3. The van der Waals surface area contributed by atoms with Crippen LogP contribution in [0.1, 0.15) is 22.3 Å². The molecule has 96 valence electrons. The molecule has 0 spiro atoms. The Kier molecular flexibility index (Phi) is 3.55. The Morgan fingerprint density at radius 3 is 1.47 bits per heavy atom. The van der Waals surface area contributed by atoms with Crippen LogP contribution in [0.4, 0.5) is 5.69 Å². The van der Waals surface area contributed by atoms with E-state index in [1.165, 1.54) is 0 Å². The third-order valence-electron chi connectivity index (χ3n) is 3.22. The van der Waals surface area contributed by atoms with Crippen molar-refractivity contribution < 1.29 is 13.0 Å². The van der Waals surface area contributed by atoms with Crippen molar-refractivity contribution in [3.63, 3.8) is 0 Å². The molecule has 0 amide bonds. The first-order valence-corrected chi connectivity index (χ1v) is 6.78. The van der Waals surface area contributed by atoms with Crippen molar-refractivity contribution in [1.82, 2.24) is 0 Å². The lowest BCUT2D eigenvalue weighted by atomic mass is 9.98. The van der Waals surface area contributed by atoms with Crippen molar-refractivity contribution in [2.45, 2.75) is 32.6 Å². The maximum absolute atomic E-state index is 11.4. The van der Waals surface area contributed by atoms with Crippen LogP contribution in [-0.4, -0.2) is 27.1 Å². The van der Waals surface area contributed by atoms with Gasteiger partial charge in [-0.05, 0) is 49.9 Å². The second kappa shape index (κ2) is 4.31. The molecule has 0 heterocycles. The molecule has 0 aliphatic carbocycles. The van der Waals surface area contributed by atoms with Gasteiger partial charge in [0.2, 0.25) is 0 Å². The fourth-order valence-corrected chi connectivity index (χ4v) is 3.40. The second-order valence-electron chi connectivity index (χ2n) is 4.55. The summed E-state index contributed by atoms with van der Waals surface area (Å²) in [6, 6.07) is 0. The standard InChI is InChI=1S/C12H19NO3S/c1-7-9(3)12(17(14,15)16)10(4)8(2)11(7)13(5)6/h1-6H3,(H,14,15,16). The fourth-order valence-electron chi connectivity index (χ4n) is 2.32. The first kappa shape index (κ1) is 14.0.